The summed E-state index contributed by atoms with van der Waals surface area (Å²) in [4.78, 5) is 14.5. The second-order valence-electron chi connectivity index (χ2n) is 7.22. The predicted molar refractivity (Wildman–Crippen MR) is 103 cm³/mol. The summed E-state index contributed by atoms with van der Waals surface area (Å²) < 4.78 is 0. The summed E-state index contributed by atoms with van der Waals surface area (Å²) in [5.41, 5.74) is 6.00. The van der Waals surface area contributed by atoms with Crippen molar-refractivity contribution in [1.82, 2.24) is 10.2 Å². The summed E-state index contributed by atoms with van der Waals surface area (Å²) in [7, 11) is 0. The van der Waals surface area contributed by atoms with Crippen LogP contribution in [0.3, 0.4) is 0 Å². The lowest BCUT2D eigenvalue weighted by Gasteiger charge is -2.35. The molecule has 0 unspecified atom stereocenters. The molecule has 1 saturated carbocycles. The van der Waals surface area contributed by atoms with Crippen molar-refractivity contribution in [3.8, 4) is 0 Å². The maximum atomic E-state index is 12.2. The van der Waals surface area contributed by atoms with E-state index in [1.807, 2.05) is 0 Å². The first-order valence-corrected chi connectivity index (χ1v) is 9.01. The molecule has 0 atom stereocenters. The highest BCUT2D eigenvalue weighted by Crippen LogP contribution is 2.38. The van der Waals surface area contributed by atoms with Crippen LogP contribution in [0.1, 0.15) is 57.8 Å². The predicted octanol–water partition coefficient (Wildman–Crippen LogP) is 2.09. The number of carbonyl (C=O) groups excluding carboxylic acids is 1. The van der Waals surface area contributed by atoms with Crippen LogP contribution in [0.2, 0.25) is 0 Å². The molecule has 0 aromatic carbocycles. The Kier molecular flexibility index (Phi) is 12.3. The maximum absolute atomic E-state index is 12.2. The largest absolute Gasteiger partial charge is 0.393 e. The first-order valence-electron chi connectivity index (χ1n) is 9.01. The summed E-state index contributed by atoms with van der Waals surface area (Å²) in [5.74, 6) is 0.168. The van der Waals surface area contributed by atoms with Gasteiger partial charge in [0.1, 0.15) is 0 Å². The minimum absolute atomic E-state index is 0. The third-order valence-electron chi connectivity index (χ3n) is 5.41. The number of nitrogens with one attached hydrogen (secondary N) is 1. The Bertz CT molecular complexity index is 345. The highest BCUT2D eigenvalue weighted by atomic mass is 35.5. The van der Waals surface area contributed by atoms with Gasteiger partial charge in [-0.1, -0.05) is 19.3 Å². The fourth-order valence-corrected chi connectivity index (χ4v) is 3.83. The molecular weight excluding hydrogens is 349 g/mol. The lowest BCUT2D eigenvalue weighted by Crippen LogP contribution is -2.40. The molecule has 2 fully saturated rings. The molecule has 24 heavy (non-hydrogen) atoms. The number of rotatable bonds is 7. The molecule has 1 aliphatic carbocycles. The van der Waals surface area contributed by atoms with Crippen molar-refractivity contribution < 1.29 is 9.90 Å². The minimum atomic E-state index is -0.112. The molecule has 5 nitrogen and oxygen atoms in total. The van der Waals surface area contributed by atoms with Crippen LogP contribution < -0.4 is 11.1 Å². The Labute approximate surface area is 158 Å². The Morgan fingerprint density at radius 3 is 2.38 bits per heavy atom. The third-order valence-corrected chi connectivity index (χ3v) is 5.41. The molecule has 0 aromatic heterocycles. The van der Waals surface area contributed by atoms with Gasteiger partial charge >= 0.3 is 0 Å². The van der Waals surface area contributed by atoms with Gasteiger partial charge in [0.2, 0.25) is 5.91 Å². The van der Waals surface area contributed by atoms with E-state index in [4.69, 9.17) is 5.73 Å². The van der Waals surface area contributed by atoms with E-state index in [0.717, 1.165) is 58.3 Å². The van der Waals surface area contributed by atoms with Gasteiger partial charge in [0, 0.05) is 26.1 Å². The molecule has 1 aliphatic heterocycles. The lowest BCUT2D eigenvalue weighted by atomic mass is 9.71. The van der Waals surface area contributed by atoms with Gasteiger partial charge in [-0.15, -0.1) is 24.8 Å². The zero-order valence-electron chi connectivity index (χ0n) is 14.7. The number of nitrogens with two attached hydrogens (primary N) is 1. The molecule has 0 bridgehead atoms. The molecule has 1 saturated heterocycles. The molecule has 0 radical (unpaired) electrons. The quantitative estimate of drug-likeness (QED) is 0.588. The summed E-state index contributed by atoms with van der Waals surface area (Å²) in [6.45, 7) is 4.35. The second kappa shape index (κ2) is 12.3. The van der Waals surface area contributed by atoms with Gasteiger partial charge in [-0.25, -0.2) is 0 Å². The Hall–Kier alpha value is -0.0700. The summed E-state index contributed by atoms with van der Waals surface area (Å²) in [5, 5.41) is 12.5. The van der Waals surface area contributed by atoms with E-state index in [1.165, 1.54) is 19.3 Å². The second-order valence-corrected chi connectivity index (χ2v) is 7.22. The van der Waals surface area contributed by atoms with Gasteiger partial charge in [0.05, 0.1) is 6.10 Å². The van der Waals surface area contributed by atoms with Crippen LogP contribution in [-0.2, 0) is 4.79 Å². The SMILES string of the molecule is Cl.Cl.NCC1(CC(=O)NCCCN2CCC(O)CC2)CCCCC1. The van der Waals surface area contributed by atoms with Gasteiger partial charge in [-0.2, -0.15) is 0 Å². The molecule has 7 heteroatoms. The zero-order chi connectivity index (χ0) is 15.8. The summed E-state index contributed by atoms with van der Waals surface area (Å²) >= 11 is 0. The van der Waals surface area contributed by atoms with E-state index in [-0.39, 0.29) is 42.2 Å². The smallest absolute Gasteiger partial charge is 0.220 e. The highest BCUT2D eigenvalue weighted by molar-refractivity contribution is 5.85. The average molecular weight is 384 g/mol. The van der Waals surface area contributed by atoms with Crippen molar-refractivity contribution in [3.63, 3.8) is 0 Å². The number of aliphatic hydroxyl groups is 1. The van der Waals surface area contributed by atoms with E-state index in [9.17, 15) is 9.90 Å². The van der Waals surface area contributed by atoms with Gasteiger partial charge < -0.3 is 21.1 Å². The van der Waals surface area contributed by atoms with E-state index in [0.29, 0.717) is 13.0 Å². The number of hydrogen-bond acceptors (Lipinski definition) is 4. The molecule has 0 aromatic rings. The van der Waals surface area contributed by atoms with Crippen LogP contribution in [0, 0.1) is 5.41 Å². The number of halogens is 2. The molecule has 1 amide bonds. The van der Waals surface area contributed by atoms with Crippen molar-refractivity contribution in [1.29, 1.82) is 0 Å². The van der Waals surface area contributed by atoms with Gasteiger partial charge in [0.15, 0.2) is 0 Å². The summed E-state index contributed by atoms with van der Waals surface area (Å²) in [6.07, 6.45) is 9.15. The van der Waals surface area contributed by atoms with E-state index in [2.05, 4.69) is 10.2 Å². The first kappa shape index (κ1) is 23.9. The molecule has 4 N–H and O–H groups in total. The van der Waals surface area contributed by atoms with Crippen LogP contribution in [-0.4, -0.2) is 54.7 Å². The van der Waals surface area contributed by atoms with Crippen molar-refractivity contribution >= 4 is 30.7 Å². The highest BCUT2D eigenvalue weighted by Gasteiger charge is 2.32. The third kappa shape index (κ3) is 7.87. The minimum Gasteiger partial charge on any atom is -0.393 e. The normalized spacial score (nSPS) is 21.4. The molecule has 144 valence electrons. The zero-order valence-corrected chi connectivity index (χ0v) is 16.3. The molecule has 1 heterocycles. The van der Waals surface area contributed by atoms with Gasteiger partial charge in [-0.3, -0.25) is 4.79 Å². The number of hydrogen-bond donors (Lipinski definition) is 3. The topological polar surface area (TPSA) is 78.6 Å². The number of amides is 1. The standard InChI is InChI=1S/C17H33N3O2.2ClH/c18-14-17(7-2-1-3-8-17)13-16(22)19-9-4-10-20-11-5-15(21)6-12-20;;/h15,21H,1-14,18H2,(H,19,22);2*1H. The van der Waals surface area contributed by atoms with Crippen molar-refractivity contribution in [2.24, 2.45) is 11.1 Å². The Balaban J connectivity index is 0.00000264. The number of piperidine rings is 1. The lowest BCUT2D eigenvalue weighted by molar-refractivity contribution is -0.123. The van der Waals surface area contributed by atoms with Crippen LogP contribution in [0.15, 0.2) is 0 Å². The maximum Gasteiger partial charge on any atom is 0.220 e. The fourth-order valence-electron chi connectivity index (χ4n) is 3.83. The number of carbonyl (C=O) groups is 1. The Morgan fingerprint density at radius 1 is 1.17 bits per heavy atom. The van der Waals surface area contributed by atoms with Gasteiger partial charge in [-0.05, 0) is 50.6 Å². The number of nitrogens with zero attached hydrogens (tertiary/aromatic N) is 1. The molecule has 2 rings (SSSR count). The van der Waals surface area contributed by atoms with Gasteiger partial charge in [0.25, 0.3) is 0 Å². The van der Waals surface area contributed by atoms with E-state index < -0.39 is 0 Å². The number of aliphatic hydroxyl groups excluding tert-OH is 1. The Morgan fingerprint density at radius 2 is 1.79 bits per heavy atom. The van der Waals surface area contributed by atoms with Crippen molar-refractivity contribution in [2.45, 2.75) is 63.9 Å². The van der Waals surface area contributed by atoms with Crippen LogP contribution in [0.25, 0.3) is 0 Å². The molecular formula is C17H35Cl2N3O2. The van der Waals surface area contributed by atoms with E-state index in [1.54, 1.807) is 0 Å². The van der Waals surface area contributed by atoms with Crippen molar-refractivity contribution in [2.75, 3.05) is 32.7 Å². The number of likely N-dealkylation sites (tertiary alicyclic amines) is 1. The van der Waals surface area contributed by atoms with Crippen LogP contribution in [0.4, 0.5) is 0 Å². The molecule has 0 spiro atoms. The average Bonchev–Trinajstić information content (AvgIpc) is 2.54. The molecule has 2 aliphatic rings. The van der Waals surface area contributed by atoms with Crippen molar-refractivity contribution in [3.05, 3.63) is 0 Å². The first-order chi connectivity index (χ1) is 10.6. The van der Waals surface area contributed by atoms with Crippen LogP contribution >= 0.6 is 24.8 Å². The van der Waals surface area contributed by atoms with Crippen LogP contribution in [0.5, 0.6) is 0 Å². The van der Waals surface area contributed by atoms with E-state index >= 15 is 0 Å². The monoisotopic (exact) mass is 383 g/mol. The fraction of sp³-hybridized carbons (Fsp3) is 0.941. The summed E-state index contributed by atoms with van der Waals surface area (Å²) in [6, 6.07) is 0.